The molecule has 0 aliphatic carbocycles. The van der Waals surface area contributed by atoms with Crippen molar-refractivity contribution >= 4 is 0 Å². The summed E-state index contributed by atoms with van der Waals surface area (Å²) >= 11 is 0. The summed E-state index contributed by atoms with van der Waals surface area (Å²) in [5.41, 5.74) is 0.672. The lowest BCUT2D eigenvalue weighted by atomic mass is 10.1. The van der Waals surface area contributed by atoms with Crippen molar-refractivity contribution in [2.24, 2.45) is 0 Å². The standard InChI is InChI=1S/C8H8F3NO/c9-8(10,11)7-3-5-1-2-12-4-6(5)13-7/h3,12H,1-2,4H2. The average Bonchev–Trinajstić information content (AvgIpc) is 2.45. The predicted molar refractivity (Wildman–Crippen MR) is 39.1 cm³/mol. The molecular formula is C8H8F3NO. The van der Waals surface area contributed by atoms with E-state index < -0.39 is 11.9 Å². The highest BCUT2D eigenvalue weighted by Gasteiger charge is 2.36. The molecule has 0 radical (unpaired) electrons. The van der Waals surface area contributed by atoms with Gasteiger partial charge in [-0.2, -0.15) is 13.2 Å². The Morgan fingerprint density at radius 3 is 2.77 bits per heavy atom. The Labute approximate surface area is 72.7 Å². The average molecular weight is 191 g/mol. The first-order chi connectivity index (χ1) is 6.07. The van der Waals surface area contributed by atoms with E-state index in [0.717, 1.165) is 6.07 Å². The molecule has 0 atom stereocenters. The quantitative estimate of drug-likeness (QED) is 0.677. The molecule has 0 saturated heterocycles. The topological polar surface area (TPSA) is 25.2 Å². The monoisotopic (exact) mass is 191 g/mol. The van der Waals surface area contributed by atoms with Crippen LogP contribution in [0.3, 0.4) is 0 Å². The fourth-order valence-electron chi connectivity index (χ4n) is 1.39. The molecule has 1 aromatic heterocycles. The van der Waals surface area contributed by atoms with E-state index in [0.29, 0.717) is 30.8 Å². The molecular weight excluding hydrogens is 183 g/mol. The zero-order chi connectivity index (χ0) is 9.47. The third kappa shape index (κ3) is 1.56. The van der Waals surface area contributed by atoms with Crippen molar-refractivity contribution in [3.05, 3.63) is 23.2 Å². The van der Waals surface area contributed by atoms with Crippen LogP contribution < -0.4 is 5.32 Å². The smallest absolute Gasteiger partial charge is 0.449 e. The van der Waals surface area contributed by atoms with E-state index in [9.17, 15) is 13.2 Å². The Morgan fingerprint density at radius 2 is 2.15 bits per heavy atom. The van der Waals surface area contributed by atoms with Gasteiger partial charge in [0.2, 0.25) is 5.76 Å². The molecule has 2 heterocycles. The SMILES string of the molecule is FC(F)(F)c1cc2c(o1)CNCC2. The number of fused-ring (bicyclic) bond motifs is 1. The van der Waals surface area contributed by atoms with Gasteiger partial charge in [-0.05, 0) is 24.6 Å². The van der Waals surface area contributed by atoms with Gasteiger partial charge < -0.3 is 9.73 Å². The molecule has 1 aliphatic rings. The van der Waals surface area contributed by atoms with Crippen molar-refractivity contribution in [3.8, 4) is 0 Å². The Morgan fingerprint density at radius 1 is 1.38 bits per heavy atom. The molecule has 0 amide bonds. The second-order valence-corrected chi connectivity index (χ2v) is 2.98. The van der Waals surface area contributed by atoms with Gasteiger partial charge in [-0.3, -0.25) is 0 Å². The summed E-state index contributed by atoms with van der Waals surface area (Å²) in [6.07, 6.45) is -3.76. The first-order valence-electron chi connectivity index (χ1n) is 3.97. The van der Waals surface area contributed by atoms with Gasteiger partial charge in [0.25, 0.3) is 0 Å². The highest BCUT2D eigenvalue weighted by Crippen LogP contribution is 2.33. The van der Waals surface area contributed by atoms with E-state index in [2.05, 4.69) is 9.73 Å². The van der Waals surface area contributed by atoms with Crippen LogP contribution in [0.25, 0.3) is 0 Å². The minimum absolute atomic E-state index is 0.394. The highest BCUT2D eigenvalue weighted by atomic mass is 19.4. The molecule has 1 aliphatic heterocycles. The first kappa shape index (κ1) is 8.62. The van der Waals surface area contributed by atoms with Gasteiger partial charge in [0.15, 0.2) is 0 Å². The molecule has 2 rings (SSSR count). The van der Waals surface area contributed by atoms with E-state index in [-0.39, 0.29) is 0 Å². The van der Waals surface area contributed by atoms with Crippen molar-refractivity contribution in [3.63, 3.8) is 0 Å². The van der Waals surface area contributed by atoms with Gasteiger partial charge in [-0.15, -0.1) is 0 Å². The van der Waals surface area contributed by atoms with Gasteiger partial charge in [-0.1, -0.05) is 0 Å². The maximum absolute atomic E-state index is 12.2. The van der Waals surface area contributed by atoms with Crippen LogP contribution in [0.1, 0.15) is 17.1 Å². The number of nitrogens with one attached hydrogen (secondary N) is 1. The third-order valence-corrected chi connectivity index (χ3v) is 2.03. The van der Waals surface area contributed by atoms with Crippen LogP contribution in [0.2, 0.25) is 0 Å². The molecule has 1 N–H and O–H groups in total. The van der Waals surface area contributed by atoms with Crippen LogP contribution in [0, 0.1) is 0 Å². The van der Waals surface area contributed by atoms with Crippen molar-refractivity contribution < 1.29 is 17.6 Å². The lowest BCUT2D eigenvalue weighted by molar-refractivity contribution is -0.153. The van der Waals surface area contributed by atoms with Crippen molar-refractivity contribution in [1.82, 2.24) is 5.32 Å². The van der Waals surface area contributed by atoms with Gasteiger partial charge in [0.05, 0.1) is 6.54 Å². The maximum Gasteiger partial charge on any atom is 0.449 e. The Hall–Kier alpha value is -0.970. The zero-order valence-corrected chi connectivity index (χ0v) is 6.74. The fraction of sp³-hybridized carbons (Fsp3) is 0.500. The minimum Gasteiger partial charge on any atom is -0.455 e. The summed E-state index contributed by atoms with van der Waals surface area (Å²) in [5.74, 6) is -0.472. The van der Waals surface area contributed by atoms with Gasteiger partial charge in [0, 0.05) is 0 Å². The fourth-order valence-corrected chi connectivity index (χ4v) is 1.39. The lowest BCUT2D eigenvalue weighted by Crippen LogP contribution is -2.22. The normalized spacial score (nSPS) is 17.2. The second-order valence-electron chi connectivity index (χ2n) is 2.98. The van der Waals surface area contributed by atoms with Crippen LogP contribution in [0.4, 0.5) is 13.2 Å². The number of halogens is 3. The molecule has 5 heteroatoms. The van der Waals surface area contributed by atoms with Crippen molar-refractivity contribution in [2.75, 3.05) is 6.54 Å². The number of hydrogen-bond acceptors (Lipinski definition) is 2. The molecule has 0 fully saturated rings. The predicted octanol–water partition coefficient (Wildman–Crippen LogP) is 1.94. The largest absolute Gasteiger partial charge is 0.455 e. The number of rotatable bonds is 0. The summed E-state index contributed by atoms with van der Waals surface area (Å²) in [6.45, 7) is 1.11. The first-order valence-corrected chi connectivity index (χ1v) is 3.97. The number of furan rings is 1. The molecule has 13 heavy (non-hydrogen) atoms. The zero-order valence-electron chi connectivity index (χ0n) is 6.74. The van der Waals surface area contributed by atoms with Crippen LogP contribution in [0.5, 0.6) is 0 Å². The van der Waals surface area contributed by atoms with Crippen molar-refractivity contribution in [2.45, 2.75) is 19.1 Å². The maximum atomic E-state index is 12.2. The third-order valence-electron chi connectivity index (χ3n) is 2.03. The number of hydrogen-bond donors (Lipinski definition) is 1. The molecule has 72 valence electrons. The Balaban J connectivity index is 2.36. The van der Waals surface area contributed by atoms with E-state index in [4.69, 9.17) is 0 Å². The van der Waals surface area contributed by atoms with E-state index in [1.165, 1.54) is 0 Å². The Kier molecular flexibility index (Phi) is 1.83. The summed E-state index contributed by atoms with van der Waals surface area (Å²) in [5, 5.41) is 2.94. The number of alkyl halides is 3. The van der Waals surface area contributed by atoms with Crippen LogP contribution in [0.15, 0.2) is 10.5 Å². The van der Waals surface area contributed by atoms with E-state index >= 15 is 0 Å². The molecule has 0 unspecified atom stereocenters. The lowest BCUT2D eigenvalue weighted by Gasteiger charge is -2.09. The van der Waals surface area contributed by atoms with E-state index in [1.54, 1.807) is 0 Å². The van der Waals surface area contributed by atoms with Crippen LogP contribution >= 0.6 is 0 Å². The van der Waals surface area contributed by atoms with E-state index in [1.807, 2.05) is 0 Å². The summed E-state index contributed by atoms with van der Waals surface area (Å²) in [6, 6.07) is 1.09. The minimum atomic E-state index is -4.36. The second kappa shape index (κ2) is 2.77. The molecule has 0 bridgehead atoms. The molecule has 2 nitrogen and oxygen atoms in total. The van der Waals surface area contributed by atoms with Gasteiger partial charge in [0.1, 0.15) is 5.76 Å². The molecule has 1 aromatic rings. The van der Waals surface area contributed by atoms with Crippen molar-refractivity contribution in [1.29, 1.82) is 0 Å². The van der Waals surface area contributed by atoms with Crippen LogP contribution in [-0.2, 0) is 19.1 Å². The summed E-state index contributed by atoms with van der Waals surface area (Å²) in [7, 11) is 0. The summed E-state index contributed by atoms with van der Waals surface area (Å²) in [4.78, 5) is 0. The van der Waals surface area contributed by atoms with Gasteiger partial charge in [-0.25, -0.2) is 0 Å². The highest BCUT2D eigenvalue weighted by molar-refractivity contribution is 5.25. The summed E-state index contributed by atoms with van der Waals surface area (Å²) < 4.78 is 41.2. The molecule has 0 spiro atoms. The molecule has 0 saturated carbocycles. The molecule has 0 aromatic carbocycles. The van der Waals surface area contributed by atoms with Gasteiger partial charge >= 0.3 is 6.18 Å². The van der Waals surface area contributed by atoms with Crippen LogP contribution in [-0.4, -0.2) is 6.54 Å². The Bertz CT molecular complexity index is 292.